The van der Waals surface area contributed by atoms with E-state index in [1.165, 1.54) is 0 Å². The highest BCUT2D eigenvalue weighted by molar-refractivity contribution is 5.10. The summed E-state index contributed by atoms with van der Waals surface area (Å²) in [5, 5.41) is 6.50. The number of hydrogen-bond donors (Lipinski definition) is 0. The van der Waals surface area contributed by atoms with Crippen LogP contribution in [0.2, 0.25) is 0 Å². The van der Waals surface area contributed by atoms with Crippen molar-refractivity contribution in [3.63, 3.8) is 0 Å². The molecule has 0 rings (SSSR count). The molecule has 0 aromatic rings. The Hall–Kier alpha value is -0.840. The van der Waals surface area contributed by atoms with E-state index in [1.54, 1.807) is 0 Å². The first-order chi connectivity index (χ1) is 3.00. The van der Waals surface area contributed by atoms with Gasteiger partial charge in [0.15, 0.2) is 0 Å². The summed E-state index contributed by atoms with van der Waals surface area (Å²) in [5.74, 6) is 0. The van der Waals surface area contributed by atoms with Gasteiger partial charge in [0.1, 0.15) is 6.79 Å². The van der Waals surface area contributed by atoms with Gasteiger partial charge in [0.25, 0.3) is 0 Å². The minimum atomic E-state index is 0. The Balaban J connectivity index is -0.00000000500. The summed E-state index contributed by atoms with van der Waals surface area (Å²) in [6, 6.07) is 0. The Labute approximate surface area is 47.3 Å². The highest BCUT2D eigenvalue weighted by Crippen LogP contribution is 1.14. The highest BCUT2D eigenvalue weighted by Gasteiger charge is 0.932. The van der Waals surface area contributed by atoms with Crippen LogP contribution in [-0.4, -0.2) is 6.79 Å². The Morgan fingerprint density at radius 1 is 1.43 bits per heavy atom. The molecule has 0 unspecified atom stereocenters. The zero-order valence-corrected chi connectivity index (χ0v) is 4.14. The zero-order chi connectivity index (χ0) is 6.00. The lowest BCUT2D eigenvalue weighted by Gasteiger charge is -1.07. The molecule has 46 valence electrons. The van der Waals surface area contributed by atoms with Crippen LogP contribution in [0.25, 0.3) is 0 Å². The number of carbonyl (C=O) groups excluding carboxylic acids is 1. The fourth-order valence-corrected chi connectivity index (χ4v) is 0. The minimum Gasteiger partial charge on any atom is -0.307 e. The molecule has 0 aliphatic carbocycles. The summed E-state index contributed by atoms with van der Waals surface area (Å²) in [4.78, 5) is 8.00. The van der Waals surface area contributed by atoms with Gasteiger partial charge in [0.2, 0.25) is 0 Å². The van der Waals surface area contributed by atoms with Crippen LogP contribution in [0.15, 0.2) is 0 Å². The molecule has 0 aliphatic rings. The molecule has 0 atom stereocenters. The zero-order valence-electron chi connectivity index (χ0n) is 4.14. The molecule has 0 amide bonds. The molecule has 0 saturated carbocycles. The van der Waals surface area contributed by atoms with E-state index in [1.807, 2.05) is 20.6 Å². The average molecular weight is 107 g/mol. The molecule has 2 heteroatoms. The number of nitrogens with zero attached hydrogens (tertiary/aromatic N) is 1. The van der Waals surface area contributed by atoms with Crippen molar-refractivity contribution in [2.75, 3.05) is 0 Å². The smallest absolute Gasteiger partial charge is 0.106 e. The van der Waals surface area contributed by atoms with Crippen molar-refractivity contribution in [1.82, 2.24) is 0 Å². The standard InChI is InChI=1S/C2H6.CHN.CH2O.CH4.H2/c3*1-2;;/h1-2H3;1H;1H2;1H4;1H/i;;;;1+2. The summed E-state index contributed by atoms with van der Waals surface area (Å²) in [7, 11) is 0. The average Bonchev–Trinajstić information content (AvgIpc) is 1.81. The minimum absolute atomic E-state index is 0. The first-order valence-electron chi connectivity index (χ1n) is 1.55. The second-order valence-corrected chi connectivity index (χ2v) is 0. The molecule has 0 radical (unpaired) electrons. The van der Waals surface area contributed by atoms with Gasteiger partial charge in [0, 0.05) is 8.00 Å². The SMILES string of the molecule is C.C#N.C=O.CC.[3HH]. The predicted molar refractivity (Wildman–Crippen MR) is 34.0 cm³/mol. The number of carbonyl (C=O) groups is 1. The van der Waals surface area contributed by atoms with E-state index in [4.69, 9.17) is 10.1 Å². The molecule has 0 spiro atoms. The first kappa shape index (κ1) is 35.2. The lowest BCUT2D eigenvalue weighted by molar-refractivity contribution is -0.0979. The van der Waals surface area contributed by atoms with Gasteiger partial charge < -0.3 is 4.79 Å². The van der Waals surface area contributed by atoms with Gasteiger partial charge >= 0.3 is 0 Å². The lowest BCUT2D eigenvalue weighted by Crippen LogP contribution is -0.925. The molecular weight excluding hydrogens is 90.1 g/mol. The van der Waals surface area contributed by atoms with Crippen molar-refractivity contribution in [2.24, 2.45) is 0 Å². The second-order valence-electron chi connectivity index (χ2n) is 0. The van der Waals surface area contributed by atoms with Crippen LogP contribution < -0.4 is 0 Å². The summed E-state index contributed by atoms with van der Waals surface area (Å²) < 4.78 is 0. The van der Waals surface area contributed by atoms with Crippen LogP contribution in [0.3, 0.4) is 0 Å². The summed E-state index contributed by atoms with van der Waals surface area (Å²) in [6.07, 6.45) is 0. The summed E-state index contributed by atoms with van der Waals surface area (Å²) in [5.41, 5.74) is 0. The molecule has 0 fully saturated rings. The van der Waals surface area contributed by atoms with Crippen molar-refractivity contribution in [3.05, 3.63) is 0 Å². The van der Waals surface area contributed by atoms with Gasteiger partial charge in [-0.2, -0.15) is 0 Å². The second kappa shape index (κ2) is 127. The largest absolute Gasteiger partial charge is 0.307 e. The monoisotopic (exact) mass is 107 g/mol. The Morgan fingerprint density at radius 2 is 1.43 bits per heavy atom. The number of nitriles is 1. The van der Waals surface area contributed by atoms with E-state index in [-0.39, 0.29) is 8.85 Å². The molecule has 0 aliphatic heterocycles. The lowest BCUT2D eigenvalue weighted by atomic mass is 11.0. The van der Waals surface area contributed by atoms with Crippen LogP contribution in [-0.2, 0) is 4.79 Å². The van der Waals surface area contributed by atoms with Crippen molar-refractivity contribution in [3.8, 4) is 6.57 Å². The number of hydrogen-bond acceptors (Lipinski definition) is 2. The third-order valence-electron chi connectivity index (χ3n) is 0. The van der Waals surface area contributed by atoms with Gasteiger partial charge in [0.05, 0.1) is 0 Å². The molecular formula is C5H15NO. The molecule has 2 nitrogen and oxygen atoms in total. The third kappa shape index (κ3) is 73.0. The van der Waals surface area contributed by atoms with Crippen molar-refractivity contribution >= 4 is 6.79 Å². The van der Waals surface area contributed by atoms with Gasteiger partial charge in [-0.3, -0.25) is 0 Å². The van der Waals surface area contributed by atoms with Crippen LogP contribution in [0, 0.1) is 11.8 Å². The van der Waals surface area contributed by atoms with Crippen molar-refractivity contribution in [2.45, 2.75) is 21.3 Å². The topological polar surface area (TPSA) is 40.9 Å². The predicted octanol–water partition coefficient (Wildman–Crippen LogP) is 1.86. The Kier molecular flexibility index (Phi) is 636. The van der Waals surface area contributed by atoms with Gasteiger partial charge in [-0.15, -0.1) is 0 Å². The maximum Gasteiger partial charge on any atom is 0.106 e. The molecule has 0 aromatic heterocycles. The fourth-order valence-electron chi connectivity index (χ4n) is 0. The van der Waals surface area contributed by atoms with Gasteiger partial charge in [-0.25, -0.2) is 5.26 Å². The normalized spacial score (nSPS) is 1.71. The van der Waals surface area contributed by atoms with E-state index in [0.29, 0.717) is 0 Å². The Bertz CT molecular complexity index is 23.6. The molecule has 0 heterocycles. The summed E-state index contributed by atoms with van der Waals surface area (Å²) >= 11 is 0. The number of rotatable bonds is 0. The molecule has 0 bridgehead atoms. The molecule has 0 saturated heterocycles. The molecule has 7 heavy (non-hydrogen) atoms. The van der Waals surface area contributed by atoms with Crippen LogP contribution in [0.1, 0.15) is 22.7 Å². The van der Waals surface area contributed by atoms with Gasteiger partial charge in [-0.1, -0.05) is 21.3 Å². The van der Waals surface area contributed by atoms with E-state index >= 15 is 0 Å². The first-order valence-corrected chi connectivity index (χ1v) is 1.55. The third-order valence-corrected chi connectivity index (χ3v) is 0. The molecule has 0 aromatic carbocycles. The maximum absolute atomic E-state index is 8.00. The van der Waals surface area contributed by atoms with E-state index in [9.17, 15) is 0 Å². The summed E-state index contributed by atoms with van der Waals surface area (Å²) in [6.45, 7) is 9.50. The fraction of sp³-hybridized carbons (Fsp3) is 0.600. The van der Waals surface area contributed by atoms with Crippen molar-refractivity contribution < 1.29 is 6.22 Å². The van der Waals surface area contributed by atoms with Crippen LogP contribution in [0.5, 0.6) is 0 Å². The Morgan fingerprint density at radius 3 is 1.43 bits per heavy atom. The quantitative estimate of drug-likeness (QED) is 0.474. The molecule has 0 N–H and O–H groups in total. The highest BCUT2D eigenvalue weighted by atomic mass is 16.1. The van der Waals surface area contributed by atoms with E-state index in [0.717, 1.165) is 0 Å². The van der Waals surface area contributed by atoms with Gasteiger partial charge in [-0.05, 0) is 0 Å². The van der Waals surface area contributed by atoms with Crippen molar-refractivity contribution in [1.29, 1.82) is 5.26 Å². The maximum atomic E-state index is 8.00. The van der Waals surface area contributed by atoms with E-state index < -0.39 is 0 Å². The van der Waals surface area contributed by atoms with Crippen LogP contribution in [0.4, 0.5) is 0 Å². The van der Waals surface area contributed by atoms with E-state index in [2.05, 4.69) is 6.57 Å². The van der Waals surface area contributed by atoms with Crippen LogP contribution >= 0.6 is 0 Å².